The SMILES string of the molecule is Cc1cc(Br)cc(C(=O)Nc2ccc(C(=O)O)cc2Cl)c1. The molecular formula is C15H11BrClNO3. The first kappa shape index (κ1) is 15.5. The lowest BCUT2D eigenvalue weighted by atomic mass is 10.1. The van der Waals surface area contributed by atoms with Crippen LogP contribution in [0.3, 0.4) is 0 Å². The zero-order chi connectivity index (χ0) is 15.6. The standard InChI is InChI=1S/C15H11BrClNO3/c1-8-4-10(6-11(16)5-8)14(19)18-13-3-2-9(15(20)21)7-12(13)17/h2-7H,1H3,(H,18,19)(H,20,21). The van der Waals surface area contributed by atoms with E-state index in [0.717, 1.165) is 10.0 Å². The number of carbonyl (C=O) groups is 2. The number of carboxylic acid groups (broad SMARTS) is 1. The molecule has 0 bridgehead atoms. The molecule has 0 fully saturated rings. The van der Waals surface area contributed by atoms with Gasteiger partial charge in [-0.25, -0.2) is 4.79 Å². The van der Waals surface area contributed by atoms with Gasteiger partial charge < -0.3 is 10.4 Å². The van der Waals surface area contributed by atoms with Gasteiger partial charge in [0.25, 0.3) is 5.91 Å². The van der Waals surface area contributed by atoms with Crippen molar-refractivity contribution in [2.24, 2.45) is 0 Å². The minimum Gasteiger partial charge on any atom is -0.478 e. The van der Waals surface area contributed by atoms with Crippen molar-refractivity contribution in [3.63, 3.8) is 0 Å². The number of benzene rings is 2. The molecule has 2 N–H and O–H groups in total. The molecule has 0 aliphatic carbocycles. The summed E-state index contributed by atoms with van der Waals surface area (Å²) in [5.41, 5.74) is 1.86. The molecule has 108 valence electrons. The second-order valence-corrected chi connectivity index (χ2v) is 5.79. The van der Waals surface area contributed by atoms with Crippen LogP contribution in [0.15, 0.2) is 40.9 Å². The minimum atomic E-state index is -1.07. The molecule has 2 aromatic carbocycles. The molecule has 0 aromatic heterocycles. The van der Waals surface area contributed by atoms with Crippen molar-refractivity contribution in [2.75, 3.05) is 5.32 Å². The molecule has 0 saturated carbocycles. The van der Waals surface area contributed by atoms with Gasteiger partial charge in [-0.3, -0.25) is 4.79 Å². The average molecular weight is 369 g/mol. The lowest BCUT2D eigenvalue weighted by molar-refractivity contribution is 0.0696. The molecule has 2 rings (SSSR count). The van der Waals surface area contributed by atoms with Gasteiger partial charge in [0.2, 0.25) is 0 Å². The molecule has 0 unspecified atom stereocenters. The van der Waals surface area contributed by atoms with E-state index < -0.39 is 5.97 Å². The number of anilines is 1. The van der Waals surface area contributed by atoms with Crippen molar-refractivity contribution >= 4 is 45.1 Å². The van der Waals surface area contributed by atoms with Crippen LogP contribution in [0.1, 0.15) is 26.3 Å². The summed E-state index contributed by atoms with van der Waals surface area (Å²) >= 11 is 9.32. The predicted octanol–water partition coefficient (Wildman–Crippen LogP) is 4.36. The monoisotopic (exact) mass is 367 g/mol. The van der Waals surface area contributed by atoms with Crippen LogP contribution in [0.5, 0.6) is 0 Å². The van der Waals surface area contributed by atoms with Gasteiger partial charge in [-0.05, 0) is 48.9 Å². The molecule has 1 amide bonds. The Labute approximate surface area is 134 Å². The van der Waals surface area contributed by atoms with Crippen molar-refractivity contribution in [3.05, 3.63) is 62.6 Å². The van der Waals surface area contributed by atoms with E-state index in [1.165, 1.54) is 18.2 Å². The Morgan fingerprint density at radius 3 is 2.43 bits per heavy atom. The Morgan fingerprint density at radius 2 is 1.86 bits per heavy atom. The van der Waals surface area contributed by atoms with E-state index in [-0.39, 0.29) is 16.5 Å². The predicted molar refractivity (Wildman–Crippen MR) is 85.2 cm³/mol. The first-order chi connectivity index (χ1) is 9.86. The number of hydrogen-bond donors (Lipinski definition) is 2. The smallest absolute Gasteiger partial charge is 0.335 e. The molecule has 4 nitrogen and oxygen atoms in total. The van der Waals surface area contributed by atoms with E-state index in [4.69, 9.17) is 16.7 Å². The average Bonchev–Trinajstić information content (AvgIpc) is 2.39. The fraction of sp³-hybridized carbons (Fsp3) is 0.0667. The first-order valence-corrected chi connectivity index (χ1v) is 7.15. The summed E-state index contributed by atoms with van der Waals surface area (Å²) in [6, 6.07) is 9.49. The van der Waals surface area contributed by atoms with E-state index in [2.05, 4.69) is 21.2 Å². The van der Waals surface area contributed by atoms with E-state index in [9.17, 15) is 9.59 Å². The Morgan fingerprint density at radius 1 is 1.14 bits per heavy atom. The highest BCUT2D eigenvalue weighted by Gasteiger charge is 2.12. The zero-order valence-electron chi connectivity index (χ0n) is 11.0. The molecule has 0 saturated heterocycles. The molecule has 21 heavy (non-hydrogen) atoms. The number of rotatable bonds is 3. The molecule has 0 heterocycles. The number of halogens is 2. The number of hydrogen-bond acceptors (Lipinski definition) is 2. The van der Waals surface area contributed by atoms with Crippen LogP contribution in [-0.4, -0.2) is 17.0 Å². The molecule has 0 aliphatic heterocycles. The quantitative estimate of drug-likeness (QED) is 0.846. The van der Waals surface area contributed by atoms with Gasteiger partial charge >= 0.3 is 5.97 Å². The van der Waals surface area contributed by atoms with Crippen LogP contribution in [-0.2, 0) is 0 Å². The summed E-state index contributed by atoms with van der Waals surface area (Å²) in [4.78, 5) is 23.0. The third kappa shape index (κ3) is 3.83. The Bertz CT molecular complexity index is 711. The van der Waals surface area contributed by atoms with Crippen molar-refractivity contribution in [3.8, 4) is 0 Å². The number of aromatic carboxylic acids is 1. The molecular weight excluding hydrogens is 358 g/mol. The molecule has 0 atom stereocenters. The van der Waals surface area contributed by atoms with Crippen LogP contribution in [0.4, 0.5) is 5.69 Å². The molecule has 0 radical (unpaired) electrons. The Hall–Kier alpha value is -1.85. The van der Waals surface area contributed by atoms with Gasteiger partial charge in [-0.15, -0.1) is 0 Å². The number of carboxylic acids is 1. The van der Waals surface area contributed by atoms with Crippen LogP contribution >= 0.6 is 27.5 Å². The summed E-state index contributed by atoms with van der Waals surface area (Å²) in [5.74, 6) is -1.39. The van der Waals surface area contributed by atoms with Gasteiger partial charge in [0.1, 0.15) is 0 Å². The molecule has 0 spiro atoms. The number of amides is 1. The maximum Gasteiger partial charge on any atom is 0.335 e. The van der Waals surface area contributed by atoms with Crippen molar-refractivity contribution in [1.29, 1.82) is 0 Å². The number of carbonyl (C=O) groups excluding carboxylic acids is 1. The van der Waals surface area contributed by atoms with Crippen molar-refractivity contribution in [1.82, 2.24) is 0 Å². The summed E-state index contributed by atoms with van der Waals surface area (Å²) in [5, 5.41) is 11.7. The van der Waals surface area contributed by atoms with Crippen LogP contribution in [0, 0.1) is 6.92 Å². The van der Waals surface area contributed by atoms with Crippen LogP contribution < -0.4 is 5.32 Å². The van der Waals surface area contributed by atoms with E-state index in [1.807, 2.05) is 13.0 Å². The summed E-state index contributed by atoms with van der Waals surface area (Å²) in [6.45, 7) is 1.89. The maximum absolute atomic E-state index is 12.2. The van der Waals surface area contributed by atoms with E-state index in [1.54, 1.807) is 12.1 Å². The highest BCUT2D eigenvalue weighted by Crippen LogP contribution is 2.24. The highest BCUT2D eigenvalue weighted by atomic mass is 79.9. The third-order valence-electron chi connectivity index (χ3n) is 2.77. The second kappa shape index (κ2) is 6.28. The second-order valence-electron chi connectivity index (χ2n) is 4.47. The Balaban J connectivity index is 2.25. The van der Waals surface area contributed by atoms with Gasteiger partial charge in [0.15, 0.2) is 0 Å². The van der Waals surface area contributed by atoms with Crippen LogP contribution in [0.25, 0.3) is 0 Å². The van der Waals surface area contributed by atoms with Crippen LogP contribution in [0.2, 0.25) is 5.02 Å². The van der Waals surface area contributed by atoms with Gasteiger partial charge in [-0.2, -0.15) is 0 Å². The Kier molecular flexibility index (Phi) is 4.65. The molecule has 2 aromatic rings. The number of nitrogens with one attached hydrogen (secondary N) is 1. The van der Waals surface area contributed by atoms with Gasteiger partial charge in [-0.1, -0.05) is 27.5 Å². The summed E-state index contributed by atoms with van der Waals surface area (Å²) < 4.78 is 0.806. The summed E-state index contributed by atoms with van der Waals surface area (Å²) in [6.07, 6.45) is 0. The topological polar surface area (TPSA) is 66.4 Å². The van der Waals surface area contributed by atoms with Gasteiger partial charge in [0, 0.05) is 10.0 Å². The normalized spacial score (nSPS) is 10.2. The fourth-order valence-corrected chi connectivity index (χ4v) is 2.65. The maximum atomic E-state index is 12.2. The highest BCUT2D eigenvalue weighted by molar-refractivity contribution is 9.10. The van der Waals surface area contributed by atoms with E-state index >= 15 is 0 Å². The minimum absolute atomic E-state index is 0.0660. The van der Waals surface area contributed by atoms with E-state index in [0.29, 0.717) is 11.3 Å². The third-order valence-corrected chi connectivity index (χ3v) is 3.54. The summed E-state index contributed by atoms with van der Waals surface area (Å²) in [7, 11) is 0. The largest absolute Gasteiger partial charge is 0.478 e. The zero-order valence-corrected chi connectivity index (χ0v) is 13.3. The molecule has 6 heteroatoms. The lowest BCUT2D eigenvalue weighted by Crippen LogP contribution is -2.12. The fourth-order valence-electron chi connectivity index (χ4n) is 1.81. The van der Waals surface area contributed by atoms with Crippen molar-refractivity contribution in [2.45, 2.75) is 6.92 Å². The van der Waals surface area contributed by atoms with Gasteiger partial charge in [0.05, 0.1) is 16.3 Å². The van der Waals surface area contributed by atoms with Crippen molar-refractivity contribution < 1.29 is 14.7 Å². The first-order valence-electron chi connectivity index (χ1n) is 5.98. The molecule has 0 aliphatic rings. The lowest BCUT2D eigenvalue weighted by Gasteiger charge is -2.09. The number of aryl methyl sites for hydroxylation is 1.